The van der Waals surface area contributed by atoms with Crippen LogP contribution in [0.5, 0.6) is 0 Å². The van der Waals surface area contributed by atoms with Crippen LogP contribution >= 0.6 is 12.4 Å². The molecule has 0 spiro atoms. The highest BCUT2D eigenvalue weighted by molar-refractivity contribution is 7.90. The number of fused-ring (bicyclic) bond motifs is 1. The molecule has 128 valence electrons. The molecular weight excluding hydrogens is 338 g/mol. The number of likely N-dealkylation sites (N-methyl/N-ethyl adjacent to an activating group) is 1. The van der Waals surface area contributed by atoms with Crippen molar-refractivity contribution in [3.8, 4) is 0 Å². The van der Waals surface area contributed by atoms with E-state index < -0.39 is 15.9 Å². The Hall–Kier alpha value is -1.57. The fourth-order valence-corrected chi connectivity index (χ4v) is 2.93. The van der Waals surface area contributed by atoms with Crippen molar-refractivity contribution in [3.63, 3.8) is 0 Å². The van der Waals surface area contributed by atoms with Crippen LogP contribution in [0.1, 0.15) is 5.56 Å². The molecule has 2 rings (SSSR count). The molecule has 0 aliphatic rings. The molecule has 0 saturated carbocycles. The number of benzene rings is 1. The Kier molecular flexibility index (Phi) is 6.61. The van der Waals surface area contributed by atoms with Crippen LogP contribution in [0.15, 0.2) is 30.5 Å². The Morgan fingerprint density at radius 1 is 1.35 bits per heavy atom. The lowest BCUT2D eigenvalue weighted by molar-refractivity contribution is -0.131. The van der Waals surface area contributed by atoms with Gasteiger partial charge in [-0.3, -0.25) is 4.79 Å². The molecule has 1 atom stereocenters. The number of nitrogens with one attached hydrogen (secondary N) is 1. The average molecular weight is 360 g/mol. The van der Waals surface area contributed by atoms with Gasteiger partial charge in [0.25, 0.3) is 0 Å². The molecule has 0 bridgehead atoms. The van der Waals surface area contributed by atoms with E-state index in [2.05, 4.69) is 4.98 Å². The minimum atomic E-state index is -3.10. The van der Waals surface area contributed by atoms with E-state index in [0.717, 1.165) is 22.7 Å². The third-order valence-corrected chi connectivity index (χ3v) is 4.53. The van der Waals surface area contributed by atoms with E-state index in [1.165, 1.54) is 4.90 Å². The van der Waals surface area contributed by atoms with Crippen LogP contribution in [0.4, 0.5) is 0 Å². The molecule has 0 aliphatic carbocycles. The third kappa shape index (κ3) is 5.23. The number of aromatic amines is 1. The molecular formula is C15H22ClN3O3S. The lowest BCUT2D eigenvalue weighted by atomic mass is 10.0. The number of H-pyrrole nitrogens is 1. The maximum Gasteiger partial charge on any atom is 0.239 e. The molecule has 1 aromatic carbocycles. The fraction of sp³-hybridized carbons (Fsp3) is 0.400. The lowest BCUT2D eigenvalue weighted by Gasteiger charge is -2.20. The smallest absolute Gasteiger partial charge is 0.239 e. The van der Waals surface area contributed by atoms with Gasteiger partial charge in [-0.1, -0.05) is 18.2 Å². The van der Waals surface area contributed by atoms with Crippen molar-refractivity contribution in [2.75, 3.05) is 25.6 Å². The highest BCUT2D eigenvalue weighted by Crippen LogP contribution is 2.19. The number of aromatic nitrogens is 1. The van der Waals surface area contributed by atoms with Crippen molar-refractivity contribution >= 4 is 39.1 Å². The van der Waals surface area contributed by atoms with E-state index in [1.807, 2.05) is 30.5 Å². The number of halogens is 1. The first kappa shape index (κ1) is 19.5. The molecule has 6 nitrogen and oxygen atoms in total. The van der Waals surface area contributed by atoms with Gasteiger partial charge in [0.15, 0.2) is 0 Å². The number of carbonyl (C=O) groups excluding carboxylic acids is 1. The van der Waals surface area contributed by atoms with E-state index in [-0.39, 0.29) is 30.6 Å². The van der Waals surface area contributed by atoms with Crippen molar-refractivity contribution in [2.45, 2.75) is 12.5 Å². The number of amides is 1. The van der Waals surface area contributed by atoms with Gasteiger partial charge in [-0.2, -0.15) is 0 Å². The summed E-state index contributed by atoms with van der Waals surface area (Å²) in [5.41, 5.74) is 7.97. The minimum absolute atomic E-state index is 0. The number of nitrogens with zero attached hydrogens (tertiary/aromatic N) is 1. The van der Waals surface area contributed by atoms with Gasteiger partial charge in [-0.15, -0.1) is 12.4 Å². The number of carbonyl (C=O) groups is 1. The van der Waals surface area contributed by atoms with Crippen molar-refractivity contribution in [3.05, 3.63) is 36.0 Å². The van der Waals surface area contributed by atoms with Gasteiger partial charge >= 0.3 is 0 Å². The summed E-state index contributed by atoms with van der Waals surface area (Å²) in [5, 5.41) is 1.05. The number of rotatable bonds is 6. The molecule has 1 heterocycles. The van der Waals surface area contributed by atoms with Gasteiger partial charge in [0.1, 0.15) is 9.84 Å². The highest BCUT2D eigenvalue weighted by Gasteiger charge is 2.20. The second-order valence-electron chi connectivity index (χ2n) is 5.56. The minimum Gasteiger partial charge on any atom is -0.361 e. The van der Waals surface area contributed by atoms with E-state index >= 15 is 0 Å². The third-order valence-electron chi connectivity index (χ3n) is 3.61. The Bertz CT molecular complexity index is 773. The van der Waals surface area contributed by atoms with Gasteiger partial charge in [0, 0.05) is 36.9 Å². The first-order valence-electron chi connectivity index (χ1n) is 7.01. The zero-order valence-corrected chi connectivity index (χ0v) is 14.8. The molecule has 8 heteroatoms. The molecule has 0 fully saturated rings. The quantitative estimate of drug-likeness (QED) is 0.803. The largest absolute Gasteiger partial charge is 0.361 e. The number of para-hydroxylation sites is 1. The van der Waals surface area contributed by atoms with E-state index in [9.17, 15) is 13.2 Å². The molecule has 1 aromatic heterocycles. The molecule has 1 amide bonds. The molecule has 0 aliphatic heterocycles. The van der Waals surface area contributed by atoms with Gasteiger partial charge in [0.05, 0.1) is 11.8 Å². The van der Waals surface area contributed by atoms with Crippen LogP contribution < -0.4 is 5.73 Å². The van der Waals surface area contributed by atoms with Crippen molar-refractivity contribution in [2.24, 2.45) is 5.73 Å². The van der Waals surface area contributed by atoms with Crippen molar-refractivity contribution in [1.82, 2.24) is 9.88 Å². The van der Waals surface area contributed by atoms with Crippen LogP contribution in [-0.4, -0.2) is 55.9 Å². The normalized spacial score (nSPS) is 12.7. The molecule has 0 radical (unpaired) electrons. The predicted molar refractivity (Wildman–Crippen MR) is 94.6 cm³/mol. The van der Waals surface area contributed by atoms with Gasteiger partial charge < -0.3 is 15.6 Å². The van der Waals surface area contributed by atoms with Gasteiger partial charge in [0.2, 0.25) is 5.91 Å². The summed E-state index contributed by atoms with van der Waals surface area (Å²) in [4.78, 5) is 16.7. The SMILES string of the molecule is CN(CCS(C)(=O)=O)C(=O)[C@@H](N)Cc1c[nH]c2ccccc12.Cl. The summed E-state index contributed by atoms with van der Waals surface area (Å²) in [7, 11) is -1.52. The second kappa shape index (κ2) is 7.81. The molecule has 0 unspecified atom stereocenters. The molecule has 0 saturated heterocycles. The Labute approximate surface area is 142 Å². The van der Waals surface area contributed by atoms with Crippen LogP contribution in [0.25, 0.3) is 10.9 Å². The predicted octanol–water partition coefficient (Wildman–Crippen LogP) is 0.963. The summed E-state index contributed by atoms with van der Waals surface area (Å²) in [5.74, 6) is -0.316. The molecule has 3 N–H and O–H groups in total. The standard InChI is InChI=1S/C15H21N3O3S.ClH/c1-18(7-8-22(2,20)21)15(19)13(16)9-11-10-17-14-6-4-3-5-12(11)14;/h3-6,10,13,17H,7-9,16H2,1-2H3;1H/t13-;/m0./s1. The summed E-state index contributed by atoms with van der Waals surface area (Å²) in [6.07, 6.45) is 3.41. The molecule has 2 aromatic rings. The van der Waals surface area contributed by atoms with E-state index in [4.69, 9.17) is 5.73 Å². The van der Waals surface area contributed by atoms with Crippen LogP contribution in [0.3, 0.4) is 0 Å². The molecule has 23 heavy (non-hydrogen) atoms. The second-order valence-corrected chi connectivity index (χ2v) is 7.82. The summed E-state index contributed by atoms with van der Waals surface area (Å²) < 4.78 is 22.3. The first-order chi connectivity index (χ1) is 10.3. The van der Waals surface area contributed by atoms with Crippen LogP contribution in [-0.2, 0) is 21.1 Å². The Morgan fingerprint density at radius 2 is 2.00 bits per heavy atom. The zero-order chi connectivity index (χ0) is 16.3. The first-order valence-corrected chi connectivity index (χ1v) is 9.07. The maximum atomic E-state index is 12.2. The summed E-state index contributed by atoms with van der Waals surface area (Å²) >= 11 is 0. The Balaban J connectivity index is 0.00000264. The summed E-state index contributed by atoms with van der Waals surface area (Å²) in [6, 6.07) is 7.12. The van der Waals surface area contributed by atoms with Gasteiger partial charge in [-0.05, 0) is 18.1 Å². The number of hydrogen-bond acceptors (Lipinski definition) is 4. The van der Waals surface area contributed by atoms with Crippen molar-refractivity contribution in [1.29, 1.82) is 0 Å². The Morgan fingerprint density at radius 3 is 2.65 bits per heavy atom. The van der Waals surface area contributed by atoms with Gasteiger partial charge in [-0.25, -0.2) is 8.42 Å². The van der Waals surface area contributed by atoms with Crippen LogP contribution in [0, 0.1) is 0 Å². The highest BCUT2D eigenvalue weighted by atomic mass is 35.5. The number of hydrogen-bond donors (Lipinski definition) is 2. The van der Waals surface area contributed by atoms with E-state index in [1.54, 1.807) is 7.05 Å². The maximum absolute atomic E-state index is 12.2. The average Bonchev–Trinajstić information content (AvgIpc) is 2.86. The van der Waals surface area contributed by atoms with Crippen molar-refractivity contribution < 1.29 is 13.2 Å². The van der Waals surface area contributed by atoms with Crippen LogP contribution in [0.2, 0.25) is 0 Å². The zero-order valence-electron chi connectivity index (χ0n) is 13.2. The monoisotopic (exact) mass is 359 g/mol. The number of sulfone groups is 1. The lowest BCUT2D eigenvalue weighted by Crippen LogP contribution is -2.44. The fourth-order valence-electron chi connectivity index (χ4n) is 2.32. The summed E-state index contributed by atoms with van der Waals surface area (Å²) in [6.45, 7) is 0.152. The topological polar surface area (TPSA) is 96.3 Å². The number of nitrogens with two attached hydrogens (primary N) is 1. The van der Waals surface area contributed by atoms with E-state index in [0.29, 0.717) is 6.42 Å².